The molecule has 0 saturated carbocycles. The van der Waals surface area contributed by atoms with E-state index in [1.54, 1.807) is 24.3 Å². The van der Waals surface area contributed by atoms with Gasteiger partial charge in [0.1, 0.15) is 11.8 Å². The molecule has 10 nitrogen and oxygen atoms in total. The van der Waals surface area contributed by atoms with Crippen LogP contribution in [0.5, 0.6) is 5.75 Å². The average molecular weight is 436 g/mol. The fourth-order valence-corrected chi connectivity index (χ4v) is 3.77. The van der Waals surface area contributed by atoms with Gasteiger partial charge in [-0.1, -0.05) is 18.2 Å². The normalized spacial score (nSPS) is 11.9. The van der Waals surface area contributed by atoms with Crippen LogP contribution in [0.15, 0.2) is 59.5 Å². The molecule has 2 rings (SSSR count). The molecule has 0 aliphatic heterocycles. The zero-order chi connectivity index (χ0) is 22.0. The van der Waals surface area contributed by atoms with Crippen molar-refractivity contribution in [1.82, 2.24) is 15.5 Å². The first-order chi connectivity index (χ1) is 14.4. The average Bonchev–Trinajstić information content (AvgIpc) is 2.76. The Morgan fingerprint density at radius 3 is 2.33 bits per heavy atom. The predicted octanol–water partition coefficient (Wildman–Crippen LogP) is 1.45. The van der Waals surface area contributed by atoms with Gasteiger partial charge in [-0.05, 0) is 49.2 Å². The molecule has 0 aliphatic carbocycles. The molecular weight excluding hydrogens is 412 g/mol. The molecule has 0 radical (unpaired) electrons. The first kappa shape index (κ1) is 23.1. The molecule has 0 heterocycles. The number of sulfonamides is 1. The summed E-state index contributed by atoms with van der Waals surface area (Å²) >= 11 is 0. The van der Waals surface area contributed by atoms with Crippen LogP contribution < -0.4 is 25.6 Å². The predicted molar refractivity (Wildman–Crippen MR) is 110 cm³/mol. The van der Waals surface area contributed by atoms with Crippen LogP contribution >= 0.6 is 0 Å². The lowest BCUT2D eigenvalue weighted by molar-refractivity contribution is -0.131. The molecule has 162 valence electrons. The van der Waals surface area contributed by atoms with Gasteiger partial charge in [0, 0.05) is 12.2 Å². The van der Waals surface area contributed by atoms with Gasteiger partial charge in [0.05, 0.1) is 12.0 Å². The lowest BCUT2D eigenvalue weighted by atomic mass is 10.1. The van der Waals surface area contributed by atoms with Crippen molar-refractivity contribution >= 4 is 27.6 Å². The van der Waals surface area contributed by atoms with E-state index in [4.69, 9.17) is 9.94 Å². The Morgan fingerprint density at radius 1 is 1.07 bits per heavy atom. The summed E-state index contributed by atoms with van der Waals surface area (Å²) in [5.41, 5.74) is 2.08. The minimum absolute atomic E-state index is 0.0490. The Kier molecular flexibility index (Phi) is 8.59. The second-order valence-electron chi connectivity index (χ2n) is 6.21. The van der Waals surface area contributed by atoms with E-state index in [9.17, 15) is 18.0 Å². The molecule has 0 saturated heterocycles. The lowest BCUT2D eigenvalue weighted by Gasteiger charge is -2.17. The van der Waals surface area contributed by atoms with Gasteiger partial charge < -0.3 is 15.4 Å². The highest BCUT2D eigenvalue weighted by Gasteiger charge is 2.25. The van der Waals surface area contributed by atoms with E-state index in [2.05, 4.69) is 15.4 Å². The summed E-state index contributed by atoms with van der Waals surface area (Å²) in [7, 11) is -2.56. The van der Waals surface area contributed by atoms with Crippen molar-refractivity contribution in [2.24, 2.45) is 0 Å². The first-order valence-electron chi connectivity index (χ1n) is 9.06. The standard InChI is InChI=1S/C19H24N4O6S/c1-29-15-9-11-16(12-10-15)30(27,28)23-17(18(24)22-26)8-5-13-20-19(25)21-14-6-3-2-4-7-14/h2-4,6-7,9-12,17,23,26H,5,8,13H2,1H3,(H,22,24)(H2,20,21,25). The van der Waals surface area contributed by atoms with Crippen LogP contribution in [0.3, 0.4) is 0 Å². The lowest BCUT2D eigenvalue weighted by Crippen LogP contribution is -2.46. The highest BCUT2D eigenvalue weighted by molar-refractivity contribution is 7.89. The molecule has 1 atom stereocenters. The van der Waals surface area contributed by atoms with Crippen molar-refractivity contribution in [3.05, 3.63) is 54.6 Å². The number of carbonyl (C=O) groups is 2. The van der Waals surface area contributed by atoms with Crippen LogP contribution in [-0.2, 0) is 14.8 Å². The van der Waals surface area contributed by atoms with E-state index in [-0.39, 0.29) is 24.3 Å². The van der Waals surface area contributed by atoms with Crippen LogP contribution in [0.25, 0.3) is 0 Å². The number of benzene rings is 2. The third kappa shape index (κ3) is 7.03. The van der Waals surface area contributed by atoms with Crippen LogP contribution in [-0.4, -0.2) is 45.3 Å². The van der Waals surface area contributed by atoms with E-state index in [0.29, 0.717) is 11.4 Å². The molecular formula is C19H24N4O6S. The topological polar surface area (TPSA) is 146 Å². The van der Waals surface area contributed by atoms with Crippen LogP contribution in [0.4, 0.5) is 10.5 Å². The summed E-state index contributed by atoms with van der Waals surface area (Å²) in [5.74, 6) is -0.417. The number of rotatable bonds is 10. The monoisotopic (exact) mass is 436 g/mol. The van der Waals surface area contributed by atoms with Gasteiger partial charge >= 0.3 is 6.03 Å². The maximum Gasteiger partial charge on any atom is 0.319 e. The summed E-state index contributed by atoms with van der Waals surface area (Å²) in [4.78, 5) is 23.7. The van der Waals surface area contributed by atoms with Crippen molar-refractivity contribution in [3.63, 3.8) is 0 Å². The smallest absolute Gasteiger partial charge is 0.319 e. The number of ether oxygens (including phenoxy) is 1. The number of amides is 3. The second kappa shape index (κ2) is 11.1. The fourth-order valence-electron chi connectivity index (χ4n) is 2.54. The van der Waals surface area contributed by atoms with Crippen LogP contribution in [0.1, 0.15) is 12.8 Å². The van der Waals surface area contributed by atoms with Crippen LogP contribution in [0.2, 0.25) is 0 Å². The van der Waals surface area contributed by atoms with Crippen molar-refractivity contribution < 1.29 is 28.0 Å². The van der Waals surface area contributed by atoms with E-state index in [0.717, 1.165) is 0 Å². The summed E-state index contributed by atoms with van der Waals surface area (Å²) < 4.78 is 32.3. The van der Waals surface area contributed by atoms with Gasteiger partial charge in [0.25, 0.3) is 5.91 Å². The molecule has 3 amide bonds. The number of hydrogen-bond donors (Lipinski definition) is 5. The zero-order valence-electron chi connectivity index (χ0n) is 16.3. The Labute approximate surface area is 174 Å². The SMILES string of the molecule is COc1ccc(S(=O)(=O)NC(CCCNC(=O)Nc2ccccc2)C(=O)NO)cc1. The molecule has 0 aromatic heterocycles. The quantitative estimate of drug-likeness (QED) is 0.216. The Bertz CT molecular complexity index is 935. The van der Waals surface area contributed by atoms with Crippen molar-refractivity contribution in [3.8, 4) is 5.75 Å². The minimum Gasteiger partial charge on any atom is -0.497 e. The highest BCUT2D eigenvalue weighted by Crippen LogP contribution is 2.16. The fraction of sp³-hybridized carbons (Fsp3) is 0.263. The maximum absolute atomic E-state index is 12.5. The van der Waals surface area contributed by atoms with E-state index < -0.39 is 28.0 Å². The van der Waals surface area contributed by atoms with E-state index in [1.807, 2.05) is 6.07 Å². The zero-order valence-corrected chi connectivity index (χ0v) is 17.1. The Hall–Kier alpha value is -3.15. The first-order valence-corrected chi connectivity index (χ1v) is 10.5. The number of hydroxylamine groups is 1. The van der Waals surface area contributed by atoms with Crippen molar-refractivity contribution in [2.45, 2.75) is 23.8 Å². The molecule has 1 unspecified atom stereocenters. The molecule has 0 fully saturated rings. The molecule has 2 aromatic carbocycles. The summed E-state index contributed by atoms with van der Waals surface area (Å²) in [6, 6.07) is 12.8. The molecule has 0 aliphatic rings. The molecule has 11 heteroatoms. The number of nitrogens with one attached hydrogen (secondary N) is 4. The third-order valence-corrected chi connectivity index (χ3v) is 5.57. The number of hydrogen-bond acceptors (Lipinski definition) is 6. The largest absolute Gasteiger partial charge is 0.497 e. The number of urea groups is 1. The molecule has 0 spiro atoms. The molecule has 5 N–H and O–H groups in total. The number of para-hydroxylation sites is 1. The molecule has 2 aromatic rings. The number of methoxy groups -OCH3 is 1. The molecule has 30 heavy (non-hydrogen) atoms. The minimum atomic E-state index is -4.01. The van der Waals surface area contributed by atoms with Gasteiger partial charge in [0.2, 0.25) is 10.0 Å². The van der Waals surface area contributed by atoms with Crippen LogP contribution in [0, 0.1) is 0 Å². The Balaban J connectivity index is 1.89. The highest BCUT2D eigenvalue weighted by atomic mass is 32.2. The van der Waals surface area contributed by atoms with Crippen molar-refractivity contribution in [2.75, 3.05) is 19.0 Å². The summed E-state index contributed by atoms with van der Waals surface area (Å²) in [5, 5.41) is 14.2. The molecule has 0 bridgehead atoms. The maximum atomic E-state index is 12.5. The second-order valence-corrected chi connectivity index (χ2v) is 7.93. The van der Waals surface area contributed by atoms with Gasteiger partial charge in [-0.25, -0.2) is 18.7 Å². The van der Waals surface area contributed by atoms with Gasteiger partial charge in [-0.3, -0.25) is 10.0 Å². The Morgan fingerprint density at radius 2 is 1.73 bits per heavy atom. The number of carbonyl (C=O) groups excluding carboxylic acids is 2. The summed E-state index contributed by atoms with van der Waals surface area (Å²) in [6.07, 6.45) is 0.332. The van der Waals surface area contributed by atoms with E-state index >= 15 is 0 Å². The van der Waals surface area contributed by atoms with Crippen molar-refractivity contribution in [1.29, 1.82) is 0 Å². The van der Waals surface area contributed by atoms with Gasteiger partial charge in [0.15, 0.2) is 0 Å². The number of anilines is 1. The van der Waals surface area contributed by atoms with E-state index in [1.165, 1.54) is 36.9 Å². The van der Waals surface area contributed by atoms with Gasteiger partial charge in [-0.2, -0.15) is 4.72 Å². The third-order valence-electron chi connectivity index (χ3n) is 4.08. The summed E-state index contributed by atoms with van der Waals surface area (Å²) in [6.45, 7) is 0.193. The van der Waals surface area contributed by atoms with Gasteiger partial charge in [-0.15, -0.1) is 0 Å².